The Morgan fingerprint density at radius 2 is 2.14 bits per heavy atom. The summed E-state index contributed by atoms with van der Waals surface area (Å²) >= 11 is 3.72. The molecule has 0 aromatic heterocycles. The standard InChI is InChI=1S/C7H5I2NO4/c1-14-7-3(8)2-4(10(12)13)6(11)5(7)9/h2,11H,1H3. The fourth-order valence-corrected chi connectivity index (χ4v) is 2.99. The van der Waals surface area contributed by atoms with Crippen molar-refractivity contribution >= 4 is 50.9 Å². The van der Waals surface area contributed by atoms with Crippen LogP contribution in [0.1, 0.15) is 0 Å². The average Bonchev–Trinajstić information content (AvgIpc) is 2.12. The van der Waals surface area contributed by atoms with Crippen LogP contribution in [0.2, 0.25) is 0 Å². The van der Waals surface area contributed by atoms with Crippen LogP contribution >= 0.6 is 45.2 Å². The van der Waals surface area contributed by atoms with Gasteiger partial charge in [0.1, 0.15) is 9.32 Å². The minimum absolute atomic E-state index is 0.306. The molecule has 0 bridgehead atoms. The maximum Gasteiger partial charge on any atom is 0.313 e. The topological polar surface area (TPSA) is 72.6 Å². The molecule has 0 radical (unpaired) electrons. The second-order valence-corrected chi connectivity index (χ2v) is 4.57. The molecule has 1 N–H and O–H groups in total. The molecule has 0 heterocycles. The van der Waals surface area contributed by atoms with E-state index in [9.17, 15) is 15.2 Å². The maximum absolute atomic E-state index is 10.5. The Hall–Kier alpha value is -0.320. The number of phenolic OH excluding ortho intramolecular Hbond substituents is 1. The second-order valence-electron chi connectivity index (χ2n) is 2.33. The highest BCUT2D eigenvalue weighted by Crippen LogP contribution is 2.40. The Morgan fingerprint density at radius 1 is 1.57 bits per heavy atom. The molecular weight excluding hydrogens is 416 g/mol. The molecule has 5 nitrogen and oxygen atoms in total. The van der Waals surface area contributed by atoms with E-state index >= 15 is 0 Å². The van der Waals surface area contributed by atoms with Gasteiger partial charge >= 0.3 is 5.69 Å². The Labute approximate surface area is 107 Å². The predicted octanol–water partition coefficient (Wildman–Crippen LogP) is 2.52. The number of methoxy groups -OCH3 is 1. The number of phenols is 1. The second kappa shape index (κ2) is 4.47. The van der Waals surface area contributed by atoms with Gasteiger partial charge in [-0.15, -0.1) is 0 Å². The van der Waals surface area contributed by atoms with E-state index in [1.54, 1.807) is 22.6 Å². The van der Waals surface area contributed by atoms with Gasteiger partial charge in [-0.25, -0.2) is 0 Å². The Kier molecular flexibility index (Phi) is 3.75. The lowest BCUT2D eigenvalue weighted by Gasteiger charge is -2.07. The van der Waals surface area contributed by atoms with E-state index < -0.39 is 4.92 Å². The van der Waals surface area contributed by atoms with Crippen LogP contribution in [0.15, 0.2) is 6.07 Å². The molecule has 0 aliphatic carbocycles. The molecule has 1 aromatic carbocycles. The highest BCUT2D eigenvalue weighted by atomic mass is 127. The van der Waals surface area contributed by atoms with E-state index in [1.807, 2.05) is 22.6 Å². The third-order valence-electron chi connectivity index (χ3n) is 1.53. The molecule has 1 rings (SSSR count). The minimum atomic E-state index is -0.626. The third kappa shape index (κ3) is 2.02. The van der Waals surface area contributed by atoms with Gasteiger partial charge in [0.25, 0.3) is 0 Å². The van der Waals surface area contributed by atoms with Crippen LogP contribution in [-0.2, 0) is 0 Å². The summed E-state index contributed by atoms with van der Waals surface area (Å²) in [5.41, 5.74) is -0.306. The zero-order valence-corrected chi connectivity index (χ0v) is 11.3. The molecule has 14 heavy (non-hydrogen) atoms. The smallest absolute Gasteiger partial charge is 0.313 e. The molecule has 0 amide bonds. The lowest BCUT2D eigenvalue weighted by Crippen LogP contribution is -1.96. The molecule has 0 unspecified atom stereocenters. The van der Waals surface area contributed by atoms with Crippen molar-refractivity contribution in [1.82, 2.24) is 0 Å². The van der Waals surface area contributed by atoms with Crippen molar-refractivity contribution in [3.63, 3.8) is 0 Å². The molecule has 0 saturated heterocycles. The van der Waals surface area contributed by atoms with Crippen molar-refractivity contribution < 1.29 is 14.8 Å². The van der Waals surface area contributed by atoms with Crippen molar-refractivity contribution in [3.05, 3.63) is 23.3 Å². The van der Waals surface area contributed by atoms with Crippen LogP contribution in [-0.4, -0.2) is 17.1 Å². The van der Waals surface area contributed by atoms with Gasteiger partial charge in [-0.1, -0.05) is 0 Å². The Morgan fingerprint density at radius 3 is 2.57 bits per heavy atom. The van der Waals surface area contributed by atoms with Gasteiger partial charge in [0.15, 0.2) is 0 Å². The number of benzene rings is 1. The molecule has 0 aliphatic heterocycles. The monoisotopic (exact) mass is 421 g/mol. The van der Waals surface area contributed by atoms with Crippen LogP contribution in [0, 0.1) is 17.3 Å². The largest absolute Gasteiger partial charge is 0.501 e. The van der Waals surface area contributed by atoms with Crippen LogP contribution < -0.4 is 4.74 Å². The molecule has 0 aliphatic rings. The number of halogens is 2. The number of hydrogen-bond acceptors (Lipinski definition) is 4. The molecule has 0 spiro atoms. The highest BCUT2D eigenvalue weighted by molar-refractivity contribution is 14.1. The highest BCUT2D eigenvalue weighted by Gasteiger charge is 2.22. The van der Waals surface area contributed by atoms with Crippen molar-refractivity contribution in [2.45, 2.75) is 0 Å². The van der Waals surface area contributed by atoms with Crippen molar-refractivity contribution in [2.75, 3.05) is 7.11 Å². The average molecular weight is 421 g/mol. The normalized spacial score (nSPS) is 9.93. The van der Waals surface area contributed by atoms with E-state index in [0.29, 0.717) is 12.9 Å². The van der Waals surface area contributed by atoms with E-state index in [0.717, 1.165) is 0 Å². The molecule has 76 valence electrons. The van der Waals surface area contributed by atoms with Gasteiger partial charge in [-0.3, -0.25) is 10.1 Å². The first-order valence-corrected chi connectivity index (χ1v) is 5.54. The molecule has 1 aromatic rings. The Balaban J connectivity index is 3.47. The van der Waals surface area contributed by atoms with E-state index in [4.69, 9.17) is 4.74 Å². The lowest BCUT2D eigenvalue weighted by atomic mass is 10.3. The summed E-state index contributed by atoms with van der Waals surface area (Å²) < 4.78 is 5.94. The fourth-order valence-electron chi connectivity index (χ4n) is 0.905. The maximum atomic E-state index is 10.5. The molecule has 0 fully saturated rings. The predicted molar refractivity (Wildman–Crippen MR) is 66.7 cm³/mol. The number of nitro benzene ring substituents is 1. The first-order chi connectivity index (χ1) is 6.49. The van der Waals surface area contributed by atoms with Gasteiger partial charge in [-0.05, 0) is 45.2 Å². The van der Waals surface area contributed by atoms with Gasteiger partial charge in [-0.2, -0.15) is 0 Å². The van der Waals surface area contributed by atoms with Crippen molar-refractivity contribution in [3.8, 4) is 11.5 Å². The first kappa shape index (κ1) is 11.8. The van der Waals surface area contributed by atoms with Gasteiger partial charge in [0, 0.05) is 6.07 Å². The number of ether oxygens (including phenoxy) is 1. The van der Waals surface area contributed by atoms with Crippen LogP contribution in [0.4, 0.5) is 5.69 Å². The summed E-state index contributed by atoms with van der Waals surface area (Å²) in [5.74, 6) is 0.0992. The summed E-state index contributed by atoms with van der Waals surface area (Å²) in [6, 6.07) is 1.27. The molecular formula is C7H5I2NO4. The summed E-state index contributed by atoms with van der Waals surface area (Å²) in [4.78, 5) is 9.90. The molecule has 0 saturated carbocycles. The van der Waals surface area contributed by atoms with Gasteiger partial charge in [0.2, 0.25) is 5.75 Å². The third-order valence-corrected chi connectivity index (χ3v) is 3.33. The van der Waals surface area contributed by atoms with E-state index in [-0.39, 0.29) is 11.4 Å². The summed E-state index contributed by atoms with van der Waals surface area (Å²) in [5, 5.41) is 20.0. The van der Waals surface area contributed by atoms with Crippen molar-refractivity contribution in [2.24, 2.45) is 0 Å². The van der Waals surface area contributed by atoms with Crippen molar-refractivity contribution in [1.29, 1.82) is 0 Å². The van der Waals surface area contributed by atoms with Gasteiger partial charge < -0.3 is 9.84 Å². The molecule has 0 atom stereocenters. The quantitative estimate of drug-likeness (QED) is 0.453. The fraction of sp³-hybridized carbons (Fsp3) is 0.143. The first-order valence-electron chi connectivity index (χ1n) is 3.38. The SMILES string of the molecule is COc1c(I)cc([N+](=O)[O-])c(O)c1I. The summed E-state index contributed by atoms with van der Waals surface area (Å²) in [6.45, 7) is 0. The number of nitrogens with zero attached hydrogens (tertiary/aromatic N) is 1. The molecule has 7 heteroatoms. The zero-order chi connectivity index (χ0) is 10.9. The number of nitro groups is 1. The Bertz CT molecular complexity index is 394. The van der Waals surface area contributed by atoms with E-state index in [2.05, 4.69) is 0 Å². The number of hydrogen-bond donors (Lipinski definition) is 1. The summed E-state index contributed by atoms with van der Waals surface area (Å²) in [6.07, 6.45) is 0. The van der Waals surface area contributed by atoms with Crippen LogP contribution in [0.25, 0.3) is 0 Å². The van der Waals surface area contributed by atoms with Gasteiger partial charge in [0.05, 0.1) is 15.6 Å². The minimum Gasteiger partial charge on any atom is -0.501 e. The number of rotatable bonds is 2. The van der Waals surface area contributed by atoms with E-state index in [1.165, 1.54) is 13.2 Å². The van der Waals surface area contributed by atoms with Crippen LogP contribution in [0.5, 0.6) is 11.5 Å². The zero-order valence-electron chi connectivity index (χ0n) is 6.95. The summed E-state index contributed by atoms with van der Waals surface area (Å²) in [7, 11) is 1.45. The number of aromatic hydroxyl groups is 1. The lowest BCUT2D eigenvalue weighted by molar-refractivity contribution is -0.386. The van der Waals surface area contributed by atoms with Crippen LogP contribution in [0.3, 0.4) is 0 Å².